The number of nitrogen functional groups attached to an aromatic ring is 1. The van der Waals surface area contributed by atoms with Crippen LogP contribution in [0.15, 0.2) is 6.20 Å². The van der Waals surface area contributed by atoms with Crippen molar-refractivity contribution in [2.45, 2.75) is 20.8 Å². The minimum absolute atomic E-state index is 0.0270. The normalized spacial score (nSPS) is 10.6. The van der Waals surface area contributed by atoms with Crippen molar-refractivity contribution >= 4 is 11.6 Å². The van der Waals surface area contributed by atoms with E-state index in [0.29, 0.717) is 0 Å². The Morgan fingerprint density at radius 1 is 1.39 bits per heavy atom. The predicted molar refractivity (Wildman–Crippen MR) is 64.4 cm³/mol. The lowest BCUT2D eigenvalue weighted by Crippen LogP contribution is -2.09. The molecule has 2 aromatic heterocycles. The lowest BCUT2D eigenvalue weighted by molar-refractivity contribution is -0.385. The third-order valence-corrected chi connectivity index (χ3v) is 2.82. The first-order valence-electron chi connectivity index (χ1n) is 5.22. The summed E-state index contributed by atoms with van der Waals surface area (Å²) < 4.78 is 1.42. The molecule has 0 aliphatic carbocycles. The molecule has 0 aromatic carbocycles. The van der Waals surface area contributed by atoms with Crippen LogP contribution in [-0.2, 0) is 0 Å². The Labute approximate surface area is 103 Å². The second kappa shape index (κ2) is 4.06. The number of nitro groups is 1. The quantitative estimate of drug-likeness (QED) is 0.628. The Morgan fingerprint density at radius 3 is 2.56 bits per heavy atom. The fourth-order valence-electron chi connectivity index (χ4n) is 1.59. The zero-order chi connectivity index (χ0) is 13.4. The van der Waals surface area contributed by atoms with E-state index in [1.807, 2.05) is 20.8 Å². The van der Waals surface area contributed by atoms with Crippen molar-refractivity contribution < 1.29 is 4.92 Å². The van der Waals surface area contributed by atoms with Gasteiger partial charge in [0.1, 0.15) is 6.20 Å². The van der Waals surface area contributed by atoms with E-state index in [1.165, 1.54) is 4.68 Å². The van der Waals surface area contributed by atoms with Gasteiger partial charge in [0.15, 0.2) is 0 Å². The highest BCUT2D eigenvalue weighted by Crippen LogP contribution is 2.23. The average Bonchev–Trinajstić information content (AvgIpc) is 2.56. The molecule has 2 rings (SSSR count). The molecule has 0 atom stereocenters. The first-order valence-corrected chi connectivity index (χ1v) is 5.22. The van der Waals surface area contributed by atoms with E-state index in [4.69, 9.17) is 5.73 Å². The minimum Gasteiger partial charge on any atom is -0.368 e. The van der Waals surface area contributed by atoms with E-state index in [9.17, 15) is 10.1 Å². The molecular weight excluding hydrogens is 236 g/mol. The van der Waals surface area contributed by atoms with Crippen molar-refractivity contribution in [2.75, 3.05) is 5.73 Å². The molecule has 2 N–H and O–H groups in total. The van der Waals surface area contributed by atoms with Gasteiger partial charge in [-0.1, -0.05) is 0 Å². The van der Waals surface area contributed by atoms with Crippen molar-refractivity contribution in [3.63, 3.8) is 0 Å². The van der Waals surface area contributed by atoms with Crippen LogP contribution in [0.2, 0.25) is 0 Å². The fourth-order valence-corrected chi connectivity index (χ4v) is 1.59. The van der Waals surface area contributed by atoms with Crippen LogP contribution in [-0.4, -0.2) is 24.7 Å². The summed E-state index contributed by atoms with van der Waals surface area (Å²) in [4.78, 5) is 17.9. The van der Waals surface area contributed by atoms with Crippen molar-refractivity contribution in [1.29, 1.82) is 0 Å². The largest absolute Gasteiger partial charge is 0.368 e. The van der Waals surface area contributed by atoms with Gasteiger partial charge in [-0.2, -0.15) is 10.1 Å². The summed E-state index contributed by atoms with van der Waals surface area (Å²) in [6, 6.07) is 0. The van der Waals surface area contributed by atoms with E-state index < -0.39 is 4.92 Å². The highest BCUT2D eigenvalue weighted by atomic mass is 16.6. The van der Waals surface area contributed by atoms with Crippen LogP contribution in [0.4, 0.5) is 11.6 Å². The number of nitrogens with zero attached hydrogens (tertiary/aromatic N) is 5. The lowest BCUT2D eigenvalue weighted by Gasteiger charge is -2.04. The SMILES string of the molecule is Cc1nn(-c2nc(N)ncc2[N+](=O)[O-])c(C)c1C. The molecule has 0 bridgehead atoms. The molecule has 0 radical (unpaired) electrons. The van der Waals surface area contributed by atoms with Gasteiger partial charge in [0.05, 0.1) is 10.6 Å². The first-order chi connectivity index (χ1) is 8.41. The average molecular weight is 248 g/mol. The summed E-state index contributed by atoms with van der Waals surface area (Å²) in [5.74, 6) is 0.0574. The molecule has 0 saturated heterocycles. The van der Waals surface area contributed by atoms with Crippen molar-refractivity contribution in [2.24, 2.45) is 0 Å². The molecule has 0 saturated carbocycles. The van der Waals surface area contributed by atoms with Crippen LogP contribution < -0.4 is 5.73 Å². The first kappa shape index (κ1) is 12.0. The summed E-state index contributed by atoms with van der Waals surface area (Å²) in [5, 5.41) is 15.2. The molecule has 94 valence electrons. The highest BCUT2D eigenvalue weighted by Gasteiger charge is 2.21. The molecular formula is C10H12N6O2. The van der Waals surface area contributed by atoms with Gasteiger partial charge in [0.2, 0.25) is 11.8 Å². The standard InChI is InChI=1S/C10H12N6O2/c1-5-6(2)14-15(7(5)3)9-8(16(17)18)4-12-10(11)13-9/h4H,1-3H3,(H2,11,12,13). The molecule has 0 aliphatic heterocycles. The minimum atomic E-state index is -0.555. The second-order valence-corrected chi connectivity index (χ2v) is 3.90. The number of nitrogens with two attached hydrogens (primary N) is 1. The Hall–Kier alpha value is -2.51. The molecule has 0 amide bonds. The summed E-state index contributed by atoms with van der Waals surface area (Å²) in [6.07, 6.45) is 1.09. The topological polar surface area (TPSA) is 113 Å². The van der Waals surface area contributed by atoms with Crippen molar-refractivity contribution in [3.8, 4) is 5.82 Å². The van der Waals surface area contributed by atoms with Gasteiger partial charge < -0.3 is 5.73 Å². The monoisotopic (exact) mass is 248 g/mol. The van der Waals surface area contributed by atoms with E-state index in [1.54, 1.807) is 0 Å². The number of hydrogen-bond donors (Lipinski definition) is 1. The lowest BCUT2D eigenvalue weighted by atomic mass is 10.2. The predicted octanol–water partition coefficient (Wildman–Crippen LogP) is 1.08. The third-order valence-electron chi connectivity index (χ3n) is 2.82. The molecule has 8 heteroatoms. The Morgan fingerprint density at radius 2 is 2.06 bits per heavy atom. The van der Waals surface area contributed by atoms with Crippen LogP contribution in [0.25, 0.3) is 5.82 Å². The summed E-state index contributed by atoms with van der Waals surface area (Å²) in [7, 11) is 0. The molecule has 0 unspecified atom stereocenters. The summed E-state index contributed by atoms with van der Waals surface area (Å²) >= 11 is 0. The summed E-state index contributed by atoms with van der Waals surface area (Å²) in [6.45, 7) is 5.54. The van der Waals surface area contributed by atoms with E-state index >= 15 is 0 Å². The van der Waals surface area contributed by atoms with Crippen LogP contribution in [0, 0.1) is 30.9 Å². The smallest absolute Gasteiger partial charge is 0.332 e. The molecule has 2 heterocycles. The van der Waals surface area contributed by atoms with Gasteiger partial charge in [0, 0.05) is 5.69 Å². The van der Waals surface area contributed by atoms with Gasteiger partial charge in [-0.25, -0.2) is 9.67 Å². The number of aryl methyl sites for hydroxylation is 1. The van der Waals surface area contributed by atoms with Crippen LogP contribution >= 0.6 is 0 Å². The zero-order valence-electron chi connectivity index (χ0n) is 10.2. The maximum atomic E-state index is 11.0. The van der Waals surface area contributed by atoms with Crippen molar-refractivity contribution in [1.82, 2.24) is 19.7 Å². The maximum Gasteiger partial charge on any atom is 0.332 e. The van der Waals surface area contributed by atoms with E-state index in [0.717, 1.165) is 23.1 Å². The summed E-state index contributed by atoms with van der Waals surface area (Å²) in [5.41, 5.74) is 7.78. The van der Waals surface area contributed by atoms with Gasteiger partial charge in [-0.15, -0.1) is 0 Å². The Kier molecular flexibility index (Phi) is 2.70. The molecule has 8 nitrogen and oxygen atoms in total. The molecule has 2 aromatic rings. The van der Waals surface area contributed by atoms with Gasteiger partial charge in [0.25, 0.3) is 0 Å². The molecule has 0 fully saturated rings. The van der Waals surface area contributed by atoms with Gasteiger partial charge in [-0.05, 0) is 26.3 Å². The third kappa shape index (κ3) is 1.77. The fraction of sp³-hybridized carbons (Fsp3) is 0.300. The Balaban J connectivity index is 2.73. The van der Waals surface area contributed by atoms with Gasteiger partial charge >= 0.3 is 5.69 Å². The van der Waals surface area contributed by atoms with Gasteiger partial charge in [-0.3, -0.25) is 10.1 Å². The van der Waals surface area contributed by atoms with Crippen LogP contribution in [0.1, 0.15) is 17.0 Å². The Bertz CT molecular complexity index is 634. The zero-order valence-corrected chi connectivity index (χ0v) is 10.2. The maximum absolute atomic E-state index is 11.0. The number of hydrogen-bond acceptors (Lipinski definition) is 6. The van der Waals surface area contributed by atoms with Crippen LogP contribution in [0.3, 0.4) is 0 Å². The molecule has 0 aliphatic rings. The van der Waals surface area contributed by atoms with E-state index in [-0.39, 0.29) is 17.5 Å². The van der Waals surface area contributed by atoms with Crippen molar-refractivity contribution in [3.05, 3.63) is 33.3 Å². The number of rotatable bonds is 2. The van der Waals surface area contributed by atoms with Crippen LogP contribution in [0.5, 0.6) is 0 Å². The highest BCUT2D eigenvalue weighted by molar-refractivity contribution is 5.48. The molecule has 0 spiro atoms. The number of anilines is 1. The molecule has 18 heavy (non-hydrogen) atoms. The second-order valence-electron chi connectivity index (χ2n) is 3.90. The van der Waals surface area contributed by atoms with E-state index in [2.05, 4.69) is 15.1 Å². The number of aromatic nitrogens is 4.